The first-order chi connectivity index (χ1) is 16.9. The Morgan fingerprint density at radius 3 is 2.40 bits per heavy atom. The summed E-state index contributed by atoms with van der Waals surface area (Å²) in [4.78, 5) is 27.3. The van der Waals surface area contributed by atoms with Crippen LogP contribution in [0.5, 0.6) is 5.75 Å². The minimum Gasteiger partial charge on any atom is -0.493 e. The van der Waals surface area contributed by atoms with Gasteiger partial charge in [0.1, 0.15) is 11.6 Å². The fourth-order valence-electron chi connectivity index (χ4n) is 7.32. The van der Waals surface area contributed by atoms with Crippen molar-refractivity contribution < 1.29 is 18.7 Å². The van der Waals surface area contributed by atoms with Gasteiger partial charge in [0.15, 0.2) is 0 Å². The molecular formula is C29H30FNO3S. The second kappa shape index (κ2) is 8.81. The van der Waals surface area contributed by atoms with Crippen molar-refractivity contribution in [2.45, 2.75) is 57.4 Å². The lowest BCUT2D eigenvalue weighted by Gasteiger charge is -2.57. The number of imide groups is 1. The van der Waals surface area contributed by atoms with Crippen LogP contribution in [0.1, 0.15) is 62.1 Å². The van der Waals surface area contributed by atoms with Crippen molar-refractivity contribution in [3.8, 4) is 5.75 Å². The lowest BCUT2D eigenvalue weighted by atomic mass is 9.48. The third kappa shape index (κ3) is 4.10. The molecule has 0 spiro atoms. The van der Waals surface area contributed by atoms with Crippen LogP contribution in [-0.2, 0) is 16.8 Å². The number of halogens is 1. The summed E-state index contributed by atoms with van der Waals surface area (Å²) in [6.45, 7) is 2.39. The number of nitrogens with zero attached hydrogens (tertiary/aromatic N) is 1. The van der Waals surface area contributed by atoms with Crippen molar-refractivity contribution in [3.63, 3.8) is 0 Å². The molecule has 2 amide bonds. The molecule has 0 atom stereocenters. The molecule has 6 heteroatoms. The molecule has 2 aromatic carbocycles. The van der Waals surface area contributed by atoms with E-state index in [1.807, 2.05) is 13.0 Å². The van der Waals surface area contributed by atoms with Gasteiger partial charge < -0.3 is 4.74 Å². The highest BCUT2D eigenvalue weighted by Crippen LogP contribution is 2.61. The topological polar surface area (TPSA) is 46.6 Å². The van der Waals surface area contributed by atoms with Crippen LogP contribution < -0.4 is 4.74 Å². The van der Waals surface area contributed by atoms with Gasteiger partial charge in [0, 0.05) is 11.1 Å². The largest absolute Gasteiger partial charge is 0.493 e. The van der Waals surface area contributed by atoms with Crippen LogP contribution in [0.3, 0.4) is 0 Å². The van der Waals surface area contributed by atoms with Crippen LogP contribution >= 0.6 is 11.8 Å². The summed E-state index contributed by atoms with van der Waals surface area (Å²) in [7, 11) is 0. The lowest BCUT2D eigenvalue weighted by Crippen LogP contribution is -2.48. The van der Waals surface area contributed by atoms with Crippen molar-refractivity contribution in [1.29, 1.82) is 0 Å². The summed E-state index contributed by atoms with van der Waals surface area (Å²) in [5, 5.41) is -0.375. The zero-order valence-corrected chi connectivity index (χ0v) is 20.8. The maximum absolute atomic E-state index is 14.1. The number of hydrogen-bond acceptors (Lipinski definition) is 4. The fourth-order valence-corrected chi connectivity index (χ4v) is 8.15. The Kier molecular flexibility index (Phi) is 5.75. The van der Waals surface area contributed by atoms with Crippen LogP contribution in [-0.4, -0.2) is 22.7 Å². The van der Waals surface area contributed by atoms with Gasteiger partial charge in [-0.25, -0.2) is 4.39 Å². The molecule has 35 heavy (non-hydrogen) atoms. The summed E-state index contributed by atoms with van der Waals surface area (Å²) >= 11 is 0.914. The van der Waals surface area contributed by atoms with Crippen molar-refractivity contribution in [1.82, 2.24) is 4.90 Å². The minimum atomic E-state index is -0.419. The third-order valence-electron chi connectivity index (χ3n) is 8.41. The molecule has 4 nitrogen and oxygen atoms in total. The van der Waals surface area contributed by atoms with Crippen molar-refractivity contribution in [2.75, 3.05) is 6.61 Å². The molecule has 182 valence electrons. The van der Waals surface area contributed by atoms with Gasteiger partial charge in [0.25, 0.3) is 11.1 Å². The average molecular weight is 492 g/mol. The Balaban J connectivity index is 1.32. The number of carbonyl (C=O) groups is 2. The van der Waals surface area contributed by atoms with Gasteiger partial charge in [0.2, 0.25) is 0 Å². The van der Waals surface area contributed by atoms with E-state index in [4.69, 9.17) is 4.74 Å². The third-order valence-corrected chi connectivity index (χ3v) is 9.31. The standard InChI is InChI=1S/C29H30FNO3S/c1-2-34-25-8-7-23(29-14-18-9-19(15-29)11-20(10-18)16-29)12-22(25)13-26-27(32)31(28(33)35-26)17-21-5-3-4-6-24(21)30/h3-8,12-13,18-20H,2,9-11,14-17H2,1H3/b26-13+. The Morgan fingerprint density at radius 2 is 1.74 bits per heavy atom. The predicted molar refractivity (Wildman–Crippen MR) is 135 cm³/mol. The molecule has 7 rings (SSSR count). The van der Waals surface area contributed by atoms with Gasteiger partial charge in [-0.2, -0.15) is 0 Å². The Bertz CT molecular complexity index is 1190. The van der Waals surface area contributed by atoms with Crippen LogP contribution in [0.25, 0.3) is 6.08 Å². The summed E-state index contributed by atoms with van der Waals surface area (Å²) in [5.74, 6) is 2.44. The smallest absolute Gasteiger partial charge is 0.293 e. The molecule has 5 fully saturated rings. The first-order valence-electron chi connectivity index (χ1n) is 12.7. The molecule has 0 unspecified atom stereocenters. The van der Waals surface area contributed by atoms with Crippen molar-refractivity contribution in [3.05, 3.63) is 69.9 Å². The summed E-state index contributed by atoms with van der Waals surface area (Å²) < 4.78 is 20.1. The first kappa shape index (κ1) is 22.8. The van der Waals surface area contributed by atoms with E-state index in [1.54, 1.807) is 24.3 Å². The van der Waals surface area contributed by atoms with Gasteiger partial charge in [0.05, 0.1) is 18.1 Å². The van der Waals surface area contributed by atoms with Crippen LogP contribution in [0.15, 0.2) is 47.4 Å². The minimum absolute atomic E-state index is 0.0691. The van der Waals surface area contributed by atoms with Gasteiger partial charge in [-0.1, -0.05) is 24.3 Å². The summed E-state index contributed by atoms with van der Waals surface area (Å²) in [6, 6.07) is 12.7. The summed E-state index contributed by atoms with van der Waals surface area (Å²) in [5.41, 5.74) is 2.75. The molecular weight excluding hydrogens is 461 g/mol. The molecule has 1 aliphatic heterocycles. The van der Waals surface area contributed by atoms with E-state index in [-0.39, 0.29) is 23.1 Å². The van der Waals surface area contributed by atoms with E-state index in [2.05, 4.69) is 12.1 Å². The van der Waals surface area contributed by atoms with Crippen molar-refractivity contribution >= 4 is 29.0 Å². The normalized spacial score (nSPS) is 30.5. The van der Waals surface area contributed by atoms with Crippen LogP contribution in [0.4, 0.5) is 9.18 Å². The van der Waals surface area contributed by atoms with E-state index in [9.17, 15) is 14.0 Å². The maximum atomic E-state index is 14.1. The summed E-state index contributed by atoms with van der Waals surface area (Å²) in [6.07, 6.45) is 9.72. The number of carbonyl (C=O) groups excluding carboxylic acids is 2. The molecule has 2 aromatic rings. The van der Waals surface area contributed by atoms with E-state index in [1.165, 1.54) is 50.2 Å². The van der Waals surface area contributed by atoms with Gasteiger partial charge >= 0.3 is 0 Å². The van der Waals surface area contributed by atoms with Crippen molar-refractivity contribution in [2.24, 2.45) is 17.8 Å². The number of hydrogen-bond donors (Lipinski definition) is 0. The van der Waals surface area contributed by atoms with Gasteiger partial charge in [-0.3, -0.25) is 14.5 Å². The number of rotatable bonds is 6. The molecule has 4 bridgehead atoms. The SMILES string of the molecule is CCOc1ccc(C23CC4CC(CC(C4)C2)C3)cc1/C=C1/SC(=O)N(Cc2ccccc2F)C1=O. The van der Waals surface area contributed by atoms with E-state index < -0.39 is 5.82 Å². The quantitative estimate of drug-likeness (QED) is 0.411. The monoisotopic (exact) mass is 491 g/mol. The second-order valence-electron chi connectivity index (χ2n) is 10.7. The highest BCUT2D eigenvalue weighted by Gasteiger charge is 2.51. The number of amides is 2. The molecule has 0 aromatic heterocycles. The lowest BCUT2D eigenvalue weighted by molar-refractivity contribution is -0.123. The zero-order valence-electron chi connectivity index (χ0n) is 20.0. The molecule has 0 N–H and O–H groups in total. The number of ether oxygens (including phenoxy) is 1. The average Bonchev–Trinajstić information content (AvgIpc) is 3.08. The van der Waals surface area contributed by atoms with E-state index >= 15 is 0 Å². The molecule has 1 saturated heterocycles. The molecule has 1 heterocycles. The van der Waals surface area contributed by atoms with E-state index in [0.717, 1.165) is 45.7 Å². The first-order valence-corrected chi connectivity index (χ1v) is 13.5. The Labute approximate surface area is 209 Å². The number of benzene rings is 2. The van der Waals surface area contributed by atoms with E-state index in [0.29, 0.717) is 17.1 Å². The second-order valence-corrected chi connectivity index (χ2v) is 11.7. The highest BCUT2D eigenvalue weighted by molar-refractivity contribution is 8.18. The van der Waals surface area contributed by atoms with Crippen LogP contribution in [0.2, 0.25) is 0 Å². The molecule has 4 saturated carbocycles. The predicted octanol–water partition coefficient (Wildman–Crippen LogP) is 6.93. The Morgan fingerprint density at radius 1 is 1.06 bits per heavy atom. The van der Waals surface area contributed by atoms with Gasteiger partial charge in [-0.15, -0.1) is 0 Å². The Hall–Kier alpha value is -2.60. The zero-order chi connectivity index (χ0) is 24.2. The fraction of sp³-hybridized carbons (Fsp3) is 0.448. The highest BCUT2D eigenvalue weighted by atomic mass is 32.2. The molecule has 0 radical (unpaired) electrons. The van der Waals surface area contributed by atoms with Crippen LogP contribution in [0, 0.1) is 23.6 Å². The molecule has 5 aliphatic rings. The number of thioether (sulfide) groups is 1. The molecule has 4 aliphatic carbocycles. The van der Waals surface area contributed by atoms with Gasteiger partial charge in [-0.05, 0) is 110 Å². The maximum Gasteiger partial charge on any atom is 0.293 e.